The van der Waals surface area contributed by atoms with Gasteiger partial charge in [0.15, 0.2) is 5.69 Å². The molecule has 2 N–H and O–H groups in total. The largest absolute Gasteiger partial charge is 0.446 e. The lowest BCUT2D eigenvalue weighted by molar-refractivity contribution is -0.127. The molecule has 0 bridgehead atoms. The molecule has 9 nitrogen and oxygen atoms in total. The minimum atomic E-state index is -0.729. The fourth-order valence-corrected chi connectivity index (χ4v) is 6.50. The molecular formula is C33H43N5O4. The molecule has 9 heteroatoms. The van der Waals surface area contributed by atoms with E-state index in [1.54, 1.807) is 6.33 Å². The number of aromatic nitrogens is 2. The van der Waals surface area contributed by atoms with Crippen LogP contribution in [0.2, 0.25) is 0 Å². The van der Waals surface area contributed by atoms with E-state index in [-0.39, 0.29) is 24.6 Å². The van der Waals surface area contributed by atoms with Crippen molar-refractivity contribution in [3.63, 3.8) is 0 Å². The van der Waals surface area contributed by atoms with Crippen LogP contribution < -0.4 is 10.6 Å². The molecule has 3 aromatic rings. The van der Waals surface area contributed by atoms with E-state index >= 15 is 0 Å². The molecule has 3 atom stereocenters. The fraction of sp³-hybridized carbons (Fsp3) is 0.485. The van der Waals surface area contributed by atoms with Gasteiger partial charge in [0.25, 0.3) is 5.91 Å². The summed E-state index contributed by atoms with van der Waals surface area (Å²) < 4.78 is 14.3. The molecule has 1 saturated carbocycles. The predicted octanol–water partition coefficient (Wildman–Crippen LogP) is 4.84. The van der Waals surface area contributed by atoms with Gasteiger partial charge in [0.2, 0.25) is 0 Å². The maximum atomic E-state index is 14.4. The first-order chi connectivity index (χ1) is 20.6. The summed E-state index contributed by atoms with van der Waals surface area (Å²) in [5.41, 5.74) is 2.63. The first-order valence-corrected chi connectivity index (χ1v) is 15.3. The molecule has 0 radical (unpaired) electrons. The Morgan fingerprint density at radius 3 is 2.57 bits per heavy atom. The summed E-state index contributed by atoms with van der Waals surface area (Å²) in [7, 11) is 0. The first-order valence-electron chi connectivity index (χ1n) is 15.3. The number of alkyl carbamates (subject to hydrolysis) is 1. The van der Waals surface area contributed by atoms with E-state index in [9.17, 15) is 9.59 Å². The van der Waals surface area contributed by atoms with Gasteiger partial charge in [-0.1, -0.05) is 73.5 Å². The Kier molecular flexibility index (Phi) is 9.92. The van der Waals surface area contributed by atoms with E-state index in [0.29, 0.717) is 25.4 Å². The van der Waals surface area contributed by atoms with Crippen LogP contribution in [0, 0.1) is 0 Å². The molecule has 5 rings (SSSR count). The molecule has 2 aliphatic rings. The number of carbonyl (C=O) groups is 2. The van der Waals surface area contributed by atoms with Gasteiger partial charge in [0.1, 0.15) is 12.2 Å². The zero-order valence-electron chi connectivity index (χ0n) is 24.8. The Morgan fingerprint density at radius 2 is 1.83 bits per heavy atom. The Hall–Kier alpha value is -3.69. The molecular weight excluding hydrogens is 530 g/mol. The number of carbonyl (C=O) groups excluding carboxylic acids is 2. The number of nitrogens with zero attached hydrogens (tertiary/aromatic N) is 3. The molecule has 0 spiro atoms. The average molecular weight is 574 g/mol. The van der Waals surface area contributed by atoms with Gasteiger partial charge in [-0.05, 0) is 38.7 Å². The van der Waals surface area contributed by atoms with E-state index in [1.807, 2.05) is 67.3 Å². The quantitative estimate of drug-likeness (QED) is 0.360. The third-order valence-electron chi connectivity index (χ3n) is 8.44. The van der Waals surface area contributed by atoms with Crippen molar-refractivity contribution in [2.45, 2.75) is 63.6 Å². The molecule has 1 saturated heterocycles. The van der Waals surface area contributed by atoms with Crippen LogP contribution >= 0.6 is 0 Å². The number of nitrogens with one attached hydrogen (secondary N) is 2. The highest BCUT2D eigenvalue weighted by Crippen LogP contribution is 2.43. The normalized spacial score (nSPS) is 22.5. The molecule has 2 aromatic carbocycles. The monoisotopic (exact) mass is 573 g/mol. The van der Waals surface area contributed by atoms with Crippen LogP contribution in [0.4, 0.5) is 4.79 Å². The number of ether oxygens (including phenoxy) is 2. The van der Waals surface area contributed by atoms with Gasteiger partial charge in [0, 0.05) is 44.4 Å². The number of amides is 2. The number of rotatable bonds is 10. The van der Waals surface area contributed by atoms with Gasteiger partial charge in [-0.2, -0.15) is 0 Å². The maximum Gasteiger partial charge on any atom is 0.407 e. The summed E-state index contributed by atoms with van der Waals surface area (Å²) in [4.78, 5) is 33.5. The predicted molar refractivity (Wildman–Crippen MR) is 162 cm³/mol. The Morgan fingerprint density at radius 1 is 1.07 bits per heavy atom. The van der Waals surface area contributed by atoms with E-state index in [2.05, 4.69) is 27.3 Å². The van der Waals surface area contributed by atoms with Crippen molar-refractivity contribution in [2.75, 3.05) is 39.4 Å². The molecule has 1 aliphatic carbocycles. The van der Waals surface area contributed by atoms with Gasteiger partial charge >= 0.3 is 6.09 Å². The van der Waals surface area contributed by atoms with Gasteiger partial charge in [0.05, 0.1) is 18.1 Å². The van der Waals surface area contributed by atoms with E-state index in [1.165, 1.54) is 5.56 Å². The molecule has 224 valence electrons. The van der Waals surface area contributed by atoms with Gasteiger partial charge in [-0.25, -0.2) is 9.78 Å². The summed E-state index contributed by atoms with van der Waals surface area (Å²) >= 11 is 0. The van der Waals surface area contributed by atoms with Crippen LogP contribution in [0.15, 0.2) is 67.0 Å². The molecule has 1 aromatic heterocycles. The standard InChI is InChI=1S/C33H43N5O4/c1-3-35-32(40)41-23-33(42-4-2)18-12-11-17-28(33)38-24-36-29(30(38)26-15-9-6-10-16-26)31(39)37-20-19-34-22-27(37)21-25-13-7-5-8-14-25/h5-10,13-16,24,27-28,34H,3-4,11-12,17-23H2,1-2H3,(H,35,40)/t27-,28?,33?/m1/s1. The van der Waals surface area contributed by atoms with Gasteiger partial charge in [-0.15, -0.1) is 0 Å². The summed E-state index contributed by atoms with van der Waals surface area (Å²) in [6.45, 7) is 7.03. The van der Waals surface area contributed by atoms with Crippen molar-refractivity contribution in [3.8, 4) is 11.3 Å². The average Bonchev–Trinajstić information content (AvgIpc) is 3.46. The minimum Gasteiger partial charge on any atom is -0.446 e. The third-order valence-corrected chi connectivity index (χ3v) is 8.44. The summed E-state index contributed by atoms with van der Waals surface area (Å²) in [5, 5.41) is 6.19. The zero-order valence-corrected chi connectivity index (χ0v) is 24.8. The molecule has 42 heavy (non-hydrogen) atoms. The maximum absolute atomic E-state index is 14.4. The summed E-state index contributed by atoms with van der Waals surface area (Å²) in [5.74, 6) is -0.0635. The topological polar surface area (TPSA) is 97.7 Å². The smallest absolute Gasteiger partial charge is 0.407 e. The third kappa shape index (κ3) is 6.52. The van der Waals surface area contributed by atoms with E-state index < -0.39 is 11.7 Å². The van der Waals surface area contributed by atoms with E-state index in [0.717, 1.165) is 56.5 Å². The van der Waals surface area contributed by atoms with Crippen LogP contribution in [0.1, 0.15) is 61.6 Å². The SMILES string of the molecule is CCNC(=O)OCC1(OCC)CCCCC1n1cnc(C(=O)N2CCNC[C@H]2Cc2ccccc2)c1-c1ccccc1. The second-order valence-electron chi connectivity index (χ2n) is 11.1. The van der Waals surface area contributed by atoms with Crippen LogP contribution in [0.5, 0.6) is 0 Å². The second kappa shape index (κ2) is 14.0. The molecule has 2 heterocycles. The lowest BCUT2D eigenvalue weighted by Crippen LogP contribution is -2.54. The number of imidazole rings is 1. The molecule has 1 aliphatic heterocycles. The number of hydrogen-bond acceptors (Lipinski definition) is 6. The highest BCUT2D eigenvalue weighted by atomic mass is 16.6. The lowest BCUT2D eigenvalue weighted by Gasteiger charge is -2.44. The van der Waals surface area contributed by atoms with Crippen LogP contribution in [-0.2, 0) is 15.9 Å². The highest BCUT2D eigenvalue weighted by molar-refractivity contribution is 5.98. The van der Waals surface area contributed by atoms with Crippen LogP contribution in [0.25, 0.3) is 11.3 Å². The van der Waals surface area contributed by atoms with Crippen LogP contribution in [0.3, 0.4) is 0 Å². The number of piperazine rings is 1. The molecule has 2 fully saturated rings. The van der Waals surface area contributed by atoms with Gasteiger partial charge in [-0.3, -0.25) is 4.79 Å². The Bertz CT molecular complexity index is 1310. The second-order valence-corrected chi connectivity index (χ2v) is 11.1. The van der Waals surface area contributed by atoms with Crippen LogP contribution in [-0.4, -0.2) is 77.5 Å². The summed E-state index contributed by atoms with van der Waals surface area (Å²) in [6.07, 6.45) is 5.67. The zero-order chi connectivity index (χ0) is 29.4. The van der Waals surface area contributed by atoms with Crippen molar-refractivity contribution >= 4 is 12.0 Å². The first kappa shape index (κ1) is 29.8. The minimum absolute atomic E-state index is 0.0186. The molecule has 2 amide bonds. The van der Waals surface area contributed by atoms with Crippen molar-refractivity contribution in [3.05, 3.63) is 78.2 Å². The van der Waals surface area contributed by atoms with Crippen molar-refractivity contribution in [1.29, 1.82) is 0 Å². The Labute approximate surface area is 248 Å². The van der Waals surface area contributed by atoms with Gasteiger partial charge < -0.3 is 29.6 Å². The van der Waals surface area contributed by atoms with Crippen molar-refractivity contribution < 1.29 is 19.1 Å². The fourth-order valence-electron chi connectivity index (χ4n) is 6.50. The number of benzene rings is 2. The van der Waals surface area contributed by atoms with E-state index in [4.69, 9.17) is 14.5 Å². The number of hydrogen-bond donors (Lipinski definition) is 2. The Balaban J connectivity index is 1.52. The van der Waals surface area contributed by atoms with Crippen molar-refractivity contribution in [1.82, 2.24) is 25.1 Å². The highest BCUT2D eigenvalue weighted by Gasteiger charge is 2.46. The molecule has 2 unspecified atom stereocenters. The van der Waals surface area contributed by atoms with Crippen molar-refractivity contribution in [2.24, 2.45) is 0 Å². The lowest BCUT2D eigenvalue weighted by atomic mass is 9.80. The summed E-state index contributed by atoms with van der Waals surface area (Å²) in [6, 6.07) is 20.2.